The zero-order valence-corrected chi connectivity index (χ0v) is 17.1. The average molecular weight is 368 g/mol. The van der Waals surface area contributed by atoms with E-state index in [1.807, 2.05) is 6.07 Å². The molecule has 1 fully saturated rings. The first-order valence-electron chi connectivity index (χ1n) is 9.21. The third-order valence-corrected chi connectivity index (χ3v) is 8.17. The quantitative estimate of drug-likeness (QED) is 0.659. The molecule has 1 aromatic rings. The van der Waals surface area contributed by atoms with Gasteiger partial charge in [0, 0.05) is 27.3 Å². The van der Waals surface area contributed by atoms with Gasteiger partial charge in [-0.15, -0.1) is 0 Å². The van der Waals surface area contributed by atoms with Crippen molar-refractivity contribution in [3.8, 4) is 0 Å². The molecule has 2 unspecified atom stereocenters. The molecule has 0 spiro atoms. The maximum atomic E-state index is 6.68. The predicted molar refractivity (Wildman–Crippen MR) is 103 cm³/mol. The summed E-state index contributed by atoms with van der Waals surface area (Å²) in [5, 5.41) is 1.21. The third-order valence-electron chi connectivity index (χ3n) is 4.57. The van der Waals surface area contributed by atoms with Gasteiger partial charge >= 0.3 is 8.56 Å². The zero-order valence-electron chi connectivity index (χ0n) is 16.1. The number of hydrogen-bond donors (Lipinski definition) is 0. The van der Waals surface area contributed by atoms with Crippen molar-refractivity contribution in [2.24, 2.45) is 0 Å². The van der Waals surface area contributed by atoms with E-state index in [0.29, 0.717) is 6.61 Å². The lowest BCUT2D eigenvalue weighted by Crippen LogP contribution is -2.59. The van der Waals surface area contributed by atoms with E-state index in [1.165, 1.54) is 5.19 Å². The summed E-state index contributed by atoms with van der Waals surface area (Å²) in [6, 6.07) is 11.4. The molecule has 1 aromatic carbocycles. The van der Waals surface area contributed by atoms with Crippen LogP contribution in [0.3, 0.4) is 0 Å². The number of ether oxygens (including phenoxy) is 2. The molecule has 25 heavy (non-hydrogen) atoms. The lowest BCUT2D eigenvalue weighted by atomic mass is 10.3. The first-order chi connectivity index (χ1) is 12.1. The van der Waals surface area contributed by atoms with E-state index >= 15 is 0 Å². The topological polar surface area (TPSA) is 40.2 Å². The van der Waals surface area contributed by atoms with Crippen molar-refractivity contribution in [2.45, 2.75) is 38.5 Å². The van der Waals surface area contributed by atoms with Gasteiger partial charge in [0.25, 0.3) is 0 Å². The smallest absolute Gasteiger partial charge is 0.372 e. The fraction of sp³-hybridized carbons (Fsp3) is 0.684. The highest BCUT2D eigenvalue weighted by Crippen LogP contribution is 2.22. The van der Waals surface area contributed by atoms with Crippen LogP contribution < -0.4 is 5.19 Å². The number of benzene rings is 1. The minimum absolute atomic E-state index is 0.00591. The van der Waals surface area contributed by atoms with E-state index in [-0.39, 0.29) is 12.2 Å². The number of methoxy groups -OCH3 is 1. The van der Waals surface area contributed by atoms with Crippen molar-refractivity contribution in [3.63, 3.8) is 0 Å². The number of nitrogens with zero attached hydrogens (tertiary/aromatic N) is 1. The van der Waals surface area contributed by atoms with Crippen LogP contribution in [-0.2, 0) is 18.3 Å². The molecule has 6 heteroatoms. The van der Waals surface area contributed by atoms with E-state index < -0.39 is 8.56 Å². The second kappa shape index (κ2) is 10.4. The van der Waals surface area contributed by atoms with Gasteiger partial charge in [-0.05, 0) is 38.0 Å². The van der Waals surface area contributed by atoms with Crippen LogP contribution in [0.15, 0.2) is 30.3 Å². The van der Waals surface area contributed by atoms with Gasteiger partial charge < -0.3 is 18.3 Å². The normalized spacial score (nSPS) is 25.7. The van der Waals surface area contributed by atoms with E-state index in [0.717, 1.165) is 38.7 Å². The average Bonchev–Trinajstić information content (AvgIpc) is 2.61. The van der Waals surface area contributed by atoms with Gasteiger partial charge in [-0.2, -0.15) is 0 Å². The molecule has 0 amide bonds. The molecule has 0 bridgehead atoms. The molecule has 0 aromatic heterocycles. The van der Waals surface area contributed by atoms with Crippen molar-refractivity contribution < 1.29 is 18.3 Å². The molecule has 0 aliphatic carbocycles. The molecule has 2 rings (SSSR count). The summed E-state index contributed by atoms with van der Waals surface area (Å²) >= 11 is 0. The molecule has 5 nitrogen and oxygen atoms in total. The molecular formula is C19H33NO4Si. The second-order valence-electron chi connectivity index (χ2n) is 6.84. The predicted octanol–water partition coefficient (Wildman–Crippen LogP) is 2.14. The van der Waals surface area contributed by atoms with Crippen LogP contribution in [0.5, 0.6) is 0 Å². The van der Waals surface area contributed by atoms with Gasteiger partial charge in [-0.1, -0.05) is 30.3 Å². The Balaban J connectivity index is 2.17. The first kappa shape index (κ1) is 20.5. The Kier molecular flexibility index (Phi) is 8.55. The molecule has 0 saturated carbocycles. The minimum atomic E-state index is -2.45. The molecule has 1 aliphatic heterocycles. The van der Waals surface area contributed by atoms with E-state index in [4.69, 9.17) is 18.3 Å². The van der Waals surface area contributed by atoms with E-state index in [9.17, 15) is 0 Å². The van der Waals surface area contributed by atoms with Gasteiger partial charge in [0.1, 0.15) is 0 Å². The molecule has 1 aliphatic rings. The summed E-state index contributed by atoms with van der Waals surface area (Å²) < 4.78 is 23.9. The van der Waals surface area contributed by atoms with Crippen molar-refractivity contribution in [1.82, 2.24) is 4.90 Å². The van der Waals surface area contributed by atoms with Gasteiger partial charge in [-0.25, -0.2) is 0 Å². The Morgan fingerprint density at radius 1 is 1.24 bits per heavy atom. The Bertz CT molecular complexity index is 488. The van der Waals surface area contributed by atoms with Crippen LogP contribution in [0.1, 0.15) is 20.3 Å². The molecule has 0 radical (unpaired) electrons. The van der Waals surface area contributed by atoms with Crippen LogP contribution in [0.2, 0.25) is 6.04 Å². The molecule has 142 valence electrons. The van der Waals surface area contributed by atoms with Crippen LogP contribution in [-0.4, -0.2) is 72.7 Å². The molecule has 0 N–H and O–H groups in total. The third kappa shape index (κ3) is 6.16. The van der Waals surface area contributed by atoms with E-state index in [1.54, 1.807) is 14.2 Å². The van der Waals surface area contributed by atoms with Crippen LogP contribution >= 0.6 is 0 Å². The van der Waals surface area contributed by atoms with Gasteiger partial charge in [0.05, 0.1) is 25.4 Å². The largest absolute Gasteiger partial charge is 0.394 e. The molecular weight excluding hydrogens is 334 g/mol. The van der Waals surface area contributed by atoms with Gasteiger partial charge in [-0.3, -0.25) is 4.90 Å². The Labute approximate surface area is 153 Å². The monoisotopic (exact) mass is 367 g/mol. The molecule has 1 saturated heterocycles. The Morgan fingerprint density at radius 3 is 2.64 bits per heavy atom. The summed E-state index contributed by atoms with van der Waals surface area (Å²) in [7, 11) is 1.09. The Hall–Kier alpha value is -0.763. The minimum Gasteiger partial charge on any atom is -0.394 e. The maximum Gasteiger partial charge on any atom is 0.372 e. The highest BCUT2D eigenvalue weighted by Gasteiger charge is 2.42. The standard InChI is InChI=1S/C19H33NO4Si/c1-17(2)23-16-18-15-20(12-13-21-3)11-8-14-25(22-4,24-18)19-9-6-5-7-10-19/h5-7,9-10,17-18H,8,11-16H2,1-4H3. The van der Waals surface area contributed by atoms with Crippen LogP contribution in [0.25, 0.3) is 0 Å². The summed E-state index contributed by atoms with van der Waals surface area (Å²) in [4.78, 5) is 2.41. The lowest BCUT2D eigenvalue weighted by molar-refractivity contribution is -0.0164. The molecule has 2 atom stereocenters. The number of hydrogen-bond acceptors (Lipinski definition) is 5. The van der Waals surface area contributed by atoms with Gasteiger partial charge in [0.2, 0.25) is 0 Å². The summed E-state index contributed by atoms with van der Waals surface area (Å²) in [5.74, 6) is 0. The van der Waals surface area contributed by atoms with E-state index in [2.05, 4.69) is 43.0 Å². The van der Waals surface area contributed by atoms with Crippen LogP contribution in [0, 0.1) is 0 Å². The Morgan fingerprint density at radius 2 is 2.00 bits per heavy atom. The van der Waals surface area contributed by atoms with Crippen molar-refractivity contribution >= 4 is 13.7 Å². The SMILES string of the molecule is COCCN1CCC[Si](OC)(c2ccccc2)OC(COC(C)C)C1. The fourth-order valence-electron chi connectivity index (χ4n) is 3.26. The van der Waals surface area contributed by atoms with Crippen molar-refractivity contribution in [2.75, 3.05) is 47.1 Å². The lowest BCUT2D eigenvalue weighted by Gasteiger charge is -2.39. The molecule has 1 heterocycles. The van der Waals surface area contributed by atoms with Gasteiger partial charge in [0.15, 0.2) is 0 Å². The fourth-order valence-corrected chi connectivity index (χ4v) is 6.35. The van der Waals surface area contributed by atoms with Crippen molar-refractivity contribution in [1.29, 1.82) is 0 Å². The first-order valence-corrected chi connectivity index (χ1v) is 11.2. The summed E-state index contributed by atoms with van der Waals surface area (Å²) in [6.07, 6.45) is 1.26. The van der Waals surface area contributed by atoms with Crippen molar-refractivity contribution in [3.05, 3.63) is 30.3 Å². The summed E-state index contributed by atoms with van der Waals surface area (Å²) in [5.41, 5.74) is 0. The zero-order chi connectivity index (χ0) is 18.1. The second-order valence-corrected chi connectivity index (χ2v) is 10.1. The van der Waals surface area contributed by atoms with Crippen LogP contribution in [0.4, 0.5) is 0 Å². The number of rotatable bonds is 8. The summed E-state index contributed by atoms with van der Waals surface area (Å²) in [6.45, 7) is 8.25. The maximum absolute atomic E-state index is 6.68. The highest BCUT2D eigenvalue weighted by molar-refractivity contribution is 6.81. The highest BCUT2D eigenvalue weighted by atomic mass is 28.4.